The van der Waals surface area contributed by atoms with Crippen LogP contribution in [0.15, 0.2) is 48.5 Å². The van der Waals surface area contributed by atoms with E-state index in [9.17, 15) is 9.59 Å². The fourth-order valence-corrected chi connectivity index (χ4v) is 2.87. The van der Waals surface area contributed by atoms with Crippen LogP contribution in [0.2, 0.25) is 0 Å². The van der Waals surface area contributed by atoms with E-state index in [4.69, 9.17) is 18.9 Å². The van der Waals surface area contributed by atoms with Gasteiger partial charge in [0.15, 0.2) is 17.6 Å². The molecule has 0 saturated carbocycles. The maximum absolute atomic E-state index is 12.5. The van der Waals surface area contributed by atoms with Crippen LogP contribution < -0.4 is 14.2 Å². The van der Waals surface area contributed by atoms with Crippen molar-refractivity contribution in [3.63, 3.8) is 0 Å². The van der Waals surface area contributed by atoms with Crippen LogP contribution in [0, 0.1) is 0 Å². The summed E-state index contributed by atoms with van der Waals surface area (Å²) >= 11 is 0. The number of ether oxygens (including phenoxy) is 4. The molecule has 2 aromatic rings. The Labute approximate surface area is 176 Å². The van der Waals surface area contributed by atoms with Crippen LogP contribution in [-0.4, -0.2) is 51.3 Å². The largest absolute Gasteiger partial charge is 0.493 e. The molecule has 0 aliphatic heterocycles. The Bertz CT molecular complexity index is 869. The SMILES string of the molecule is COc1cc(/C=C/C(=O)O[C@H](C)C(=O)N(C)Cc2ccccc2)cc(OC)c1OC. The van der Waals surface area contributed by atoms with Gasteiger partial charge in [0.25, 0.3) is 5.91 Å². The van der Waals surface area contributed by atoms with E-state index in [1.165, 1.54) is 32.3 Å². The number of rotatable bonds is 9. The molecule has 0 aromatic heterocycles. The van der Waals surface area contributed by atoms with Gasteiger partial charge in [-0.3, -0.25) is 4.79 Å². The summed E-state index contributed by atoms with van der Waals surface area (Å²) in [6.07, 6.45) is 1.90. The third kappa shape index (κ3) is 6.01. The Morgan fingerprint density at radius 2 is 1.60 bits per heavy atom. The maximum Gasteiger partial charge on any atom is 0.331 e. The highest BCUT2D eigenvalue weighted by Gasteiger charge is 2.21. The summed E-state index contributed by atoms with van der Waals surface area (Å²) in [7, 11) is 6.21. The zero-order chi connectivity index (χ0) is 22.1. The van der Waals surface area contributed by atoms with Gasteiger partial charge in [-0.05, 0) is 36.3 Å². The van der Waals surface area contributed by atoms with E-state index in [0.717, 1.165) is 5.56 Å². The van der Waals surface area contributed by atoms with E-state index in [1.54, 1.807) is 32.2 Å². The van der Waals surface area contributed by atoms with Crippen LogP contribution in [-0.2, 0) is 20.9 Å². The molecule has 0 aliphatic carbocycles. The first-order valence-electron chi connectivity index (χ1n) is 9.37. The normalized spacial score (nSPS) is 11.6. The lowest BCUT2D eigenvalue weighted by molar-refractivity contribution is -0.154. The Morgan fingerprint density at radius 1 is 1.00 bits per heavy atom. The standard InChI is InChI=1S/C23H27NO6/c1-16(23(26)24(2)15-17-9-7-6-8-10-17)30-21(25)12-11-18-13-19(27-3)22(29-5)20(14-18)28-4/h6-14,16H,15H2,1-5H3/b12-11+/t16-/m1/s1. The molecule has 0 saturated heterocycles. The lowest BCUT2D eigenvalue weighted by atomic mass is 10.1. The molecule has 30 heavy (non-hydrogen) atoms. The summed E-state index contributed by atoms with van der Waals surface area (Å²) in [6.45, 7) is 1.98. The summed E-state index contributed by atoms with van der Waals surface area (Å²) in [5.41, 5.74) is 1.65. The van der Waals surface area contributed by atoms with E-state index < -0.39 is 12.1 Å². The van der Waals surface area contributed by atoms with Gasteiger partial charge in [-0.2, -0.15) is 0 Å². The molecule has 0 heterocycles. The van der Waals surface area contributed by atoms with Crippen molar-refractivity contribution in [1.29, 1.82) is 0 Å². The van der Waals surface area contributed by atoms with E-state index in [0.29, 0.717) is 29.4 Å². The van der Waals surface area contributed by atoms with Crippen LogP contribution in [0.4, 0.5) is 0 Å². The first kappa shape index (κ1) is 22.8. The monoisotopic (exact) mass is 413 g/mol. The molecule has 0 aliphatic rings. The molecule has 0 unspecified atom stereocenters. The molecule has 0 bridgehead atoms. The lowest BCUT2D eigenvalue weighted by Crippen LogP contribution is -2.36. The first-order chi connectivity index (χ1) is 14.4. The van der Waals surface area contributed by atoms with Gasteiger partial charge in [0.2, 0.25) is 5.75 Å². The number of nitrogens with zero attached hydrogens (tertiary/aromatic N) is 1. The molecule has 0 radical (unpaired) electrons. The molecule has 7 nitrogen and oxygen atoms in total. The quantitative estimate of drug-likeness (QED) is 0.464. The molecule has 7 heteroatoms. The first-order valence-corrected chi connectivity index (χ1v) is 9.37. The van der Waals surface area contributed by atoms with Gasteiger partial charge in [0, 0.05) is 19.7 Å². The molecule has 0 spiro atoms. The van der Waals surface area contributed by atoms with Gasteiger partial charge in [0.05, 0.1) is 21.3 Å². The number of carbonyl (C=O) groups is 2. The average molecular weight is 413 g/mol. The van der Waals surface area contributed by atoms with Crippen molar-refractivity contribution >= 4 is 18.0 Å². The molecule has 1 amide bonds. The summed E-state index contributed by atoms with van der Waals surface area (Å²) < 4.78 is 21.1. The number of likely N-dealkylation sites (N-methyl/N-ethyl adjacent to an activating group) is 1. The highest BCUT2D eigenvalue weighted by Crippen LogP contribution is 2.38. The number of esters is 1. The predicted octanol–water partition coefficient (Wildman–Crippen LogP) is 3.32. The fraction of sp³-hybridized carbons (Fsp3) is 0.304. The van der Waals surface area contributed by atoms with Gasteiger partial charge in [-0.15, -0.1) is 0 Å². The zero-order valence-corrected chi connectivity index (χ0v) is 17.9. The van der Waals surface area contributed by atoms with Crippen molar-refractivity contribution in [2.75, 3.05) is 28.4 Å². The van der Waals surface area contributed by atoms with Crippen LogP contribution in [0.1, 0.15) is 18.1 Å². The molecule has 2 rings (SSSR count). The van der Waals surface area contributed by atoms with Crippen LogP contribution in [0.5, 0.6) is 17.2 Å². The second-order valence-corrected chi connectivity index (χ2v) is 6.55. The molecule has 2 aromatic carbocycles. The predicted molar refractivity (Wildman–Crippen MR) is 114 cm³/mol. The Morgan fingerprint density at radius 3 is 2.13 bits per heavy atom. The summed E-state index contributed by atoms with van der Waals surface area (Å²) in [4.78, 5) is 26.2. The fourth-order valence-electron chi connectivity index (χ4n) is 2.87. The van der Waals surface area contributed by atoms with Gasteiger partial charge in [-0.25, -0.2) is 4.79 Å². The Balaban J connectivity index is 2.00. The molecule has 0 N–H and O–H groups in total. The van der Waals surface area contributed by atoms with Gasteiger partial charge in [-0.1, -0.05) is 30.3 Å². The smallest absolute Gasteiger partial charge is 0.331 e. The highest BCUT2D eigenvalue weighted by molar-refractivity contribution is 5.90. The number of benzene rings is 2. The molecule has 0 fully saturated rings. The van der Waals surface area contributed by atoms with Crippen molar-refractivity contribution in [3.05, 3.63) is 59.7 Å². The van der Waals surface area contributed by atoms with Crippen molar-refractivity contribution < 1.29 is 28.5 Å². The number of hydrogen-bond acceptors (Lipinski definition) is 6. The number of carbonyl (C=O) groups excluding carboxylic acids is 2. The second kappa shape index (κ2) is 10.9. The number of amides is 1. The zero-order valence-electron chi connectivity index (χ0n) is 17.9. The topological polar surface area (TPSA) is 74.3 Å². The van der Waals surface area contributed by atoms with Crippen LogP contribution in [0.3, 0.4) is 0 Å². The van der Waals surface area contributed by atoms with E-state index in [-0.39, 0.29) is 5.91 Å². The van der Waals surface area contributed by atoms with Crippen molar-refractivity contribution in [2.45, 2.75) is 19.6 Å². The minimum absolute atomic E-state index is 0.284. The minimum atomic E-state index is -0.907. The van der Waals surface area contributed by atoms with Crippen molar-refractivity contribution in [1.82, 2.24) is 4.90 Å². The third-order valence-electron chi connectivity index (χ3n) is 4.38. The summed E-state index contributed by atoms with van der Waals surface area (Å²) in [5.74, 6) is 0.485. The molecule has 160 valence electrons. The average Bonchev–Trinajstić information content (AvgIpc) is 2.76. The number of methoxy groups -OCH3 is 3. The highest BCUT2D eigenvalue weighted by atomic mass is 16.5. The van der Waals surface area contributed by atoms with E-state index in [1.807, 2.05) is 30.3 Å². The summed E-state index contributed by atoms with van der Waals surface area (Å²) in [5, 5.41) is 0. The maximum atomic E-state index is 12.5. The summed E-state index contributed by atoms with van der Waals surface area (Å²) in [6, 6.07) is 13.0. The van der Waals surface area contributed by atoms with Crippen LogP contribution in [0.25, 0.3) is 6.08 Å². The Hall–Kier alpha value is -3.48. The molecular formula is C23H27NO6. The van der Waals surface area contributed by atoms with E-state index in [2.05, 4.69) is 0 Å². The number of hydrogen-bond donors (Lipinski definition) is 0. The lowest BCUT2D eigenvalue weighted by Gasteiger charge is -2.21. The third-order valence-corrected chi connectivity index (χ3v) is 4.38. The van der Waals surface area contributed by atoms with Gasteiger partial charge in [0.1, 0.15) is 0 Å². The van der Waals surface area contributed by atoms with Crippen molar-refractivity contribution in [2.24, 2.45) is 0 Å². The van der Waals surface area contributed by atoms with Crippen molar-refractivity contribution in [3.8, 4) is 17.2 Å². The second-order valence-electron chi connectivity index (χ2n) is 6.55. The molecular weight excluding hydrogens is 386 g/mol. The van der Waals surface area contributed by atoms with Gasteiger partial charge < -0.3 is 23.8 Å². The van der Waals surface area contributed by atoms with E-state index >= 15 is 0 Å². The molecule has 1 atom stereocenters. The van der Waals surface area contributed by atoms with Crippen LogP contribution >= 0.6 is 0 Å². The van der Waals surface area contributed by atoms with Gasteiger partial charge >= 0.3 is 5.97 Å². The Kier molecular flexibility index (Phi) is 8.29. The minimum Gasteiger partial charge on any atom is -0.493 e.